The van der Waals surface area contributed by atoms with Crippen molar-refractivity contribution in [3.8, 4) is 56.9 Å². The van der Waals surface area contributed by atoms with Gasteiger partial charge in [0.05, 0.1) is 22.4 Å². The van der Waals surface area contributed by atoms with Crippen molar-refractivity contribution in [1.29, 1.82) is 0 Å². The molecule has 0 saturated carbocycles. The summed E-state index contributed by atoms with van der Waals surface area (Å²) in [5.41, 5.74) is 12.8. The van der Waals surface area contributed by atoms with E-state index in [1.807, 2.05) is 33.6 Å². The first-order valence-electron chi connectivity index (χ1n) is 17.6. The van der Waals surface area contributed by atoms with E-state index in [4.69, 9.17) is 20.2 Å². The molecular weight excluding hydrogens is 639 g/mol. The van der Waals surface area contributed by atoms with Gasteiger partial charge in [-0.2, -0.15) is 0 Å². The lowest BCUT2D eigenvalue weighted by molar-refractivity contribution is 0.886. The Morgan fingerprint density at radius 3 is 1.12 bits per heavy atom. The standard InChI is InChI=1S/C45H37N7/c1-28-14-6-10-18-34(28)42-46-44(36-20-12-8-16-30(36)3)51(48-42)32-22-24-38-39-25-23-33(27-41(39)50(5)40(38)26-32)52-45(37-21-13-9-17-31(37)4)47-43(49-52)35-19-11-7-15-29(35)2/h6-27H,1-5H3. The van der Waals surface area contributed by atoms with Crippen LogP contribution in [0.25, 0.3) is 78.7 Å². The highest BCUT2D eigenvalue weighted by Crippen LogP contribution is 2.35. The molecule has 3 heterocycles. The molecule has 0 saturated heterocycles. The average molecular weight is 676 g/mol. The third-order valence-electron chi connectivity index (χ3n) is 10.2. The second kappa shape index (κ2) is 12.3. The highest BCUT2D eigenvalue weighted by molar-refractivity contribution is 6.09. The van der Waals surface area contributed by atoms with E-state index >= 15 is 0 Å². The molecule has 0 fully saturated rings. The third-order valence-corrected chi connectivity index (χ3v) is 10.2. The molecule has 7 nitrogen and oxygen atoms in total. The zero-order valence-electron chi connectivity index (χ0n) is 29.8. The SMILES string of the molecule is Cc1ccccc1-c1nc(-c2ccccc2C)n(-c2ccc3c4ccc(-n5nc(-c6ccccc6C)nc5-c5ccccc5C)cc4n(C)c3c2)n1. The number of aromatic nitrogens is 7. The lowest BCUT2D eigenvalue weighted by Gasteiger charge is -2.09. The minimum atomic E-state index is 0.709. The summed E-state index contributed by atoms with van der Waals surface area (Å²) in [6.45, 7) is 8.45. The third kappa shape index (κ3) is 5.12. The lowest BCUT2D eigenvalue weighted by atomic mass is 10.1. The van der Waals surface area contributed by atoms with Crippen LogP contribution in [-0.4, -0.2) is 34.1 Å². The predicted molar refractivity (Wildman–Crippen MR) is 211 cm³/mol. The number of aryl methyl sites for hydroxylation is 5. The summed E-state index contributed by atoms with van der Waals surface area (Å²) in [5.74, 6) is 3.05. The molecule has 0 aliphatic carbocycles. The molecule has 52 heavy (non-hydrogen) atoms. The van der Waals surface area contributed by atoms with Gasteiger partial charge in [0.1, 0.15) is 0 Å². The van der Waals surface area contributed by atoms with Crippen LogP contribution in [0.5, 0.6) is 0 Å². The Bertz CT molecular complexity index is 2620. The molecule has 3 aromatic heterocycles. The van der Waals surface area contributed by atoms with Crippen molar-refractivity contribution in [2.24, 2.45) is 7.05 Å². The first kappa shape index (κ1) is 31.4. The monoisotopic (exact) mass is 675 g/mol. The van der Waals surface area contributed by atoms with E-state index in [0.29, 0.717) is 11.6 Å². The van der Waals surface area contributed by atoms with Crippen molar-refractivity contribution in [1.82, 2.24) is 34.1 Å². The summed E-state index contributed by atoms with van der Waals surface area (Å²) in [7, 11) is 2.13. The second-order valence-corrected chi connectivity index (χ2v) is 13.6. The van der Waals surface area contributed by atoms with Crippen LogP contribution in [0.15, 0.2) is 133 Å². The van der Waals surface area contributed by atoms with Crippen LogP contribution in [0.2, 0.25) is 0 Å². The fourth-order valence-electron chi connectivity index (χ4n) is 7.30. The molecule has 0 aliphatic heterocycles. The highest BCUT2D eigenvalue weighted by Gasteiger charge is 2.21. The zero-order chi connectivity index (χ0) is 35.5. The van der Waals surface area contributed by atoms with Gasteiger partial charge < -0.3 is 4.57 Å². The van der Waals surface area contributed by atoms with E-state index in [1.165, 1.54) is 10.8 Å². The number of hydrogen-bond acceptors (Lipinski definition) is 4. The van der Waals surface area contributed by atoms with Gasteiger partial charge in [0.15, 0.2) is 23.3 Å². The largest absolute Gasteiger partial charge is 0.343 e. The van der Waals surface area contributed by atoms with E-state index in [1.54, 1.807) is 0 Å². The number of benzene rings is 6. The van der Waals surface area contributed by atoms with Crippen molar-refractivity contribution in [3.05, 3.63) is 156 Å². The molecule has 9 rings (SSSR count). The Balaban J connectivity index is 1.21. The van der Waals surface area contributed by atoms with Gasteiger partial charge in [-0.3, -0.25) is 0 Å². The molecule has 0 aliphatic rings. The summed E-state index contributed by atoms with van der Waals surface area (Å²) in [6, 6.07) is 46.4. The fourth-order valence-corrected chi connectivity index (χ4v) is 7.30. The molecule has 252 valence electrons. The molecule has 7 heteroatoms. The number of hydrogen-bond donors (Lipinski definition) is 0. The molecule has 0 amide bonds. The minimum Gasteiger partial charge on any atom is -0.343 e. The van der Waals surface area contributed by atoms with E-state index < -0.39 is 0 Å². The van der Waals surface area contributed by atoms with Gasteiger partial charge in [0, 0.05) is 40.1 Å². The summed E-state index contributed by atoms with van der Waals surface area (Å²) in [4.78, 5) is 10.3. The Kier molecular flexibility index (Phi) is 7.43. The maximum atomic E-state index is 5.14. The number of rotatable bonds is 6. The van der Waals surface area contributed by atoms with E-state index in [-0.39, 0.29) is 0 Å². The molecule has 9 aromatic rings. The van der Waals surface area contributed by atoms with Crippen LogP contribution in [0.3, 0.4) is 0 Å². The Hall–Kier alpha value is -6.60. The van der Waals surface area contributed by atoms with Gasteiger partial charge in [-0.25, -0.2) is 19.3 Å². The Morgan fingerprint density at radius 2 is 0.750 bits per heavy atom. The van der Waals surface area contributed by atoms with Gasteiger partial charge in [-0.15, -0.1) is 10.2 Å². The molecule has 0 bridgehead atoms. The molecule has 0 N–H and O–H groups in total. The topological polar surface area (TPSA) is 66.3 Å². The van der Waals surface area contributed by atoms with E-state index in [0.717, 1.165) is 78.6 Å². The van der Waals surface area contributed by atoms with Crippen molar-refractivity contribution in [2.75, 3.05) is 0 Å². The van der Waals surface area contributed by atoms with Gasteiger partial charge in [-0.1, -0.05) is 109 Å². The van der Waals surface area contributed by atoms with Crippen LogP contribution in [0.4, 0.5) is 0 Å². The molecule has 0 radical (unpaired) electrons. The smallest absolute Gasteiger partial charge is 0.182 e. The van der Waals surface area contributed by atoms with Crippen molar-refractivity contribution in [2.45, 2.75) is 27.7 Å². The second-order valence-electron chi connectivity index (χ2n) is 13.6. The lowest BCUT2D eigenvalue weighted by Crippen LogP contribution is -2.01. The highest BCUT2D eigenvalue weighted by atomic mass is 15.4. The minimum absolute atomic E-state index is 0.709. The maximum absolute atomic E-state index is 5.14. The van der Waals surface area contributed by atoms with E-state index in [9.17, 15) is 0 Å². The summed E-state index contributed by atoms with van der Waals surface area (Å²) < 4.78 is 6.24. The van der Waals surface area contributed by atoms with Crippen LogP contribution in [0, 0.1) is 27.7 Å². The number of fused-ring (bicyclic) bond motifs is 3. The normalized spacial score (nSPS) is 11.6. The fraction of sp³-hybridized carbons (Fsp3) is 0.111. The van der Waals surface area contributed by atoms with Crippen LogP contribution >= 0.6 is 0 Å². The van der Waals surface area contributed by atoms with Gasteiger partial charge >= 0.3 is 0 Å². The summed E-state index contributed by atoms with van der Waals surface area (Å²) in [6.07, 6.45) is 0. The summed E-state index contributed by atoms with van der Waals surface area (Å²) in [5, 5.41) is 12.6. The maximum Gasteiger partial charge on any atom is 0.182 e. The first-order valence-corrected chi connectivity index (χ1v) is 17.6. The van der Waals surface area contributed by atoms with Gasteiger partial charge in [-0.05, 0) is 74.2 Å². The molecular formula is C45H37N7. The van der Waals surface area contributed by atoms with Gasteiger partial charge in [0.2, 0.25) is 0 Å². The zero-order valence-corrected chi connectivity index (χ0v) is 29.8. The van der Waals surface area contributed by atoms with Crippen molar-refractivity contribution >= 4 is 21.8 Å². The van der Waals surface area contributed by atoms with Crippen molar-refractivity contribution in [3.63, 3.8) is 0 Å². The Labute approximate surface area is 302 Å². The number of nitrogens with zero attached hydrogens (tertiary/aromatic N) is 7. The molecule has 0 atom stereocenters. The van der Waals surface area contributed by atoms with E-state index in [2.05, 4.69) is 149 Å². The molecule has 6 aromatic carbocycles. The van der Waals surface area contributed by atoms with Crippen molar-refractivity contribution < 1.29 is 0 Å². The molecule has 0 unspecified atom stereocenters. The van der Waals surface area contributed by atoms with Crippen LogP contribution < -0.4 is 0 Å². The van der Waals surface area contributed by atoms with Gasteiger partial charge in [0.25, 0.3) is 0 Å². The average Bonchev–Trinajstić information content (AvgIpc) is 3.87. The Morgan fingerprint density at radius 1 is 0.404 bits per heavy atom. The van der Waals surface area contributed by atoms with Crippen LogP contribution in [-0.2, 0) is 7.05 Å². The first-order chi connectivity index (χ1) is 25.4. The van der Waals surface area contributed by atoms with Crippen LogP contribution in [0.1, 0.15) is 22.3 Å². The summed E-state index contributed by atoms with van der Waals surface area (Å²) >= 11 is 0. The predicted octanol–water partition coefficient (Wildman–Crippen LogP) is 10.4. The molecule has 0 spiro atoms. The quantitative estimate of drug-likeness (QED) is 0.176.